The van der Waals surface area contributed by atoms with Crippen molar-refractivity contribution in [2.45, 2.75) is 70.3 Å². The number of hydrogen-bond acceptors (Lipinski definition) is 5. The Balaban J connectivity index is 1.69. The molecule has 0 bridgehead atoms. The highest BCUT2D eigenvalue weighted by molar-refractivity contribution is 8.00. The number of rotatable bonds is 5. The van der Waals surface area contributed by atoms with E-state index in [-0.39, 0.29) is 17.2 Å². The van der Waals surface area contributed by atoms with E-state index in [1.807, 2.05) is 26.0 Å². The number of carbonyl (C=O) groups is 1. The summed E-state index contributed by atoms with van der Waals surface area (Å²) in [5.74, 6) is 1.23. The molecule has 0 unspecified atom stereocenters. The van der Waals surface area contributed by atoms with Gasteiger partial charge in [-0.25, -0.2) is 0 Å². The Bertz CT molecular complexity index is 805. The monoisotopic (exact) mass is 387 g/mol. The standard InChI is InChI=1S/C20H29N5OS/c1-12-9-10-18(14(3)11-12)25-20(22-23-24-25)27-16(5)19(26)21-17-8-6-7-13(2)15(17)4/h9-11,13,15-17H,6-8H2,1-5H3,(H,21,26)/t13-,15+,16-,17-/m1/s1. The number of nitrogens with one attached hydrogen (secondary N) is 1. The Kier molecular flexibility index (Phi) is 6.19. The van der Waals surface area contributed by atoms with Crippen molar-refractivity contribution < 1.29 is 4.79 Å². The van der Waals surface area contributed by atoms with Gasteiger partial charge in [0.1, 0.15) is 0 Å². The number of amides is 1. The molecule has 1 aromatic carbocycles. The molecule has 146 valence electrons. The zero-order valence-corrected chi connectivity index (χ0v) is 17.6. The third-order valence-electron chi connectivity index (χ3n) is 5.71. The predicted molar refractivity (Wildman–Crippen MR) is 108 cm³/mol. The van der Waals surface area contributed by atoms with Crippen molar-refractivity contribution >= 4 is 17.7 Å². The Morgan fingerprint density at radius 1 is 1.30 bits per heavy atom. The van der Waals surface area contributed by atoms with E-state index in [1.165, 1.54) is 30.2 Å². The van der Waals surface area contributed by atoms with Crippen LogP contribution >= 0.6 is 11.8 Å². The van der Waals surface area contributed by atoms with Crippen molar-refractivity contribution in [2.75, 3.05) is 0 Å². The number of aromatic nitrogens is 4. The van der Waals surface area contributed by atoms with Crippen LogP contribution in [0.4, 0.5) is 0 Å². The van der Waals surface area contributed by atoms with Crippen molar-refractivity contribution in [1.82, 2.24) is 25.5 Å². The van der Waals surface area contributed by atoms with Crippen molar-refractivity contribution in [2.24, 2.45) is 11.8 Å². The van der Waals surface area contributed by atoms with Crippen LogP contribution in [0, 0.1) is 25.7 Å². The molecule has 1 N–H and O–H groups in total. The van der Waals surface area contributed by atoms with E-state index in [0.717, 1.165) is 17.7 Å². The first-order chi connectivity index (χ1) is 12.9. The highest BCUT2D eigenvalue weighted by Crippen LogP contribution is 2.30. The fraction of sp³-hybridized carbons (Fsp3) is 0.600. The van der Waals surface area contributed by atoms with Gasteiger partial charge in [-0.05, 0) is 61.1 Å². The first kappa shape index (κ1) is 19.9. The van der Waals surface area contributed by atoms with E-state index in [0.29, 0.717) is 17.0 Å². The molecular formula is C20H29N5OS. The van der Waals surface area contributed by atoms with Gasteiger partial charge in [-0.15, -0.1) is 5.10 Å². The predicted octanol–water partition coefficient (Wildman–Crippen LogP) is 3.70. The van der Waals surface area contributed by atoms with Crippen LogP contribution in [0.3, 0.4) is 0 Å². The molecule has 0 saturated heterocycles. The van der Waals surface area contributed by atoms with Crippen molar-refractivity contribution in [3.63, 3.8) is 0 Å². The lowest BCUT2D eigenvalue weighted by molar-refractivity contribution is -0.121. The minimum absolute atomic E-state index is 0.0566. The van der Waals surface area contributed by atoms with Crippen LogP contribution in [0.5, 0.6) is 0 Å². The summed E-state index contributed by atoms with van der Waals surface area (Å²) in [6, 6.07) is 6.42. The molecule has 1 fully saturated rings. The maximum absolute atomic E-state index is 12.7. The molecule has 0 aliphatic heterocycles. The summed E-state index contributed by atoms with van der Waals surface area (Å²) in [5.41, 5.74) is 3.24. The molecule has 27 heavy (non-hydrogen) atoms. The summed E-state index contributed by atoms with van der Waals surface area (Å²) in [7, 11) is 0. The average Bonchev–Trinajstić information content (AvgIpc) is 3.06. The number of aryl methyl sites for hydroxylation is 2. The quantitative estimate of drug-likeness (QED) is 0.792. The van der Waals surface area contributed by atoms with Gasteiger partial charge in [0, 0.05) is 6.04 Å². The lowest BCUT2D eigenvalue weighted by atomic mass is 9.78. The topological polar surface area (TPSA) is 72.7 Å². The van der Waals surface area contributed by atoms with Gasteiger partial charge < -0.3 is 5.32 Å². The van der Waals surface area contributed by atoms with Crippen LogP contribution in [-0.2, 0) is 4.79 Å². The van der Waals surface area contributed by atoms with E-state index in [2.05, 4.69) is 47.7 Å². The van der Waals surface area contributed by atoms with Crippen molar-refractivity contribution in [3.8, 4) is 5.69 Å². The van der Waals surface area contributed by atoms with E-state index in [1.54, 1.807) is 4.68 Å². The van der Waals surface area contributed by atoms with Gasteiger partial charge in [0.15, 0.2) is 0 Å². The molecule has 4 atom stereocenters. The van der Waals surface area contributed by atoms with E-state index in [4.69, 9.17) is 0 Å². The van der Waals surface area contributed by atoms with Crippen LogP contribution in [0.15, 0.2) is 23.4 Å². The van der Waals surface area contributed by atoms with Crippen LogP contribution in [0.1, 0.15) is 51.2 Å². The highest BCUT2D eigenvalue weighted by atomic mass is 32.2. The normalized spacial score (nSPS) is 23.8. The molecule has 7 heteroatoms. The Labute approximate surface area is 165 Å². The minimum atomic E-state index is -0.259. The first-order valence-corrected chi connectivity index (χ1v) is 10.6. The van der Waals surface area contributed by atoms with Gasteiger partial charge in [0.25, 0.3) is 0 Å². The maximum atomic E-state index is 12.7. The Morgan fingerprint density at radius 2 is 2.07 bits per heavy atom. The van der Waals surface area contributed by atoms with E-state index in [9.17, 15) is 4.79 Å². The van der Waals surface area contributed by atoms with Crippen LogP contribution in [-0.4, -0.2) is 37.4 Å². The Morgan fingerprint density at radius 3 is 2.81 bits per heavy atom. The summed E-state index contributed by atoms with van der Waals surface area (Å²) < 4.78 is 1.72. The van der Waals surface area contributed by atoms with Crippen LogP contribution < -0.4 is 5.32 Å². The average molecular weight is 388 g/mol. The third-order valence-corrected chi connectivity index (χ3v) is 6.74. The van der Waals surface area contributed by atoms with Crippen molar-refractivity contribution in [1.29, 1.82) is 0 Å². The fourth-order valence-corrected chi connectivity index (χ4v) is 4.55. The lowest BCUT2D eigenvalue weighted by Gasteiger charge is -2.35. The number of thioether (sulfide) groups is 1. The summed E-state index contributed by atoms with van der Waals surface area (Å²) in [4.78, 5) is 12.7. The van der Waals surface area contributed by atoms with Gasteiger partial charge >= 0.3 is 0 Å². The number of carbonyl (C=O) groups excluding carboxylic acids is 1. The summed E-state index contributed by atoms with van der Waals surface area (Å²) in [6.07, 6.45) is 3.50. The second kappa shape index (κ2) is 8.42. The fourth-order valence-electron chi connectivity index (χ4n) is 3.74. The number of nitrogens with zero attached hydrogens (tertiary/aromatic N) is 4. The molecule has 0 radical (unpaired) electrons. The molecule has 1 amide bonds. The van der Waals surface area contributed by atoms with Crippen molar-refractivity contribution in [3.05, 3.63) is 29.3 Å². The maximum Gasteiger partial charge on any atom is 0.233 e. The molecule has 1 heterocycles. The molecule has 0 spiro atoms. The van der Waals surface area contributed by atoms with E-state index >= 15 is 0 Å². The highest BCUT2D eigenvalue weighted by Gasteiger charge is 2.30. The number of tetrazole rings is 1. The molecule has 1 aromatic heterocycles. The van der Waals surface area contributed by atoms with Crippen LogP contribution in [0.25, 0.3) is 5.69 Å². The molecule has 1 aliphatic carbocycles. The van der Waals surface area contributed by atoms with Crippen LogP contribution in [0.2, 0.25) is 0 Å². The van der Waals surface area contributed by atoms with Gasteiger partial charge in [0.05, 0.1) is 10.9 Å². The molecule has 1 saturated carbocycles. The summed E-state index contributed by atoms with van der Waals surface area (Å²) >= 11 is 1.40. The second-order valence-electron chi connectivity index (χ2n) is 7.81. The number of benzene rings is 1. The lowest BCUT2D eigenvalue weighted by Crippen LogP contribution is -2.46. The molecular weight excluding hydrogens is 358 g/mol. The summed E-state index contributed by atoms with van der Waals surface area (Å²) in [5, 5.41) is 15.7. The minimum Gasteiger partial charge on any atom is -0.352 e. The number of hydrogen-bond donors (Lipinski definition) is 1. The smallest absolute Gasteiger partial charge is 0.233 e. The third kappa shape index (κ3) is 4.51. The van der Waals surface area contributed by atoms with E-state index < -0.39 is 0 Å². The second-order valence-corrected chi connectivity index (χ2v) is 9.11. The van der Waals surface area contributed by atoms with Gasteiger partial charge in [-0.3, -0.25) is 4.79 Å². The van der Waals surface area contributed by atoms with Gasteiger partial charge in [-0.2, -0.15) is 4.68 Å². The molecule has 1 aliphatic rings. The summed E-state index contributed by atoms with van der Waals surface area (Å²) in [6.45, 7) is 10.5. The SMILES string of the molecule is Cc1ccc(-n2nnnc2S[C@H](C)C(=O)N[C@@H]2CCC[C@@H](C)[C@@H]2C)c(C)c1. The van der Waals surface area contributed by atoms with Gasteiger partial charge in [-0.1, -0.05) is 56.1 Å². The van der Waals surface area contributed by atoms with Gasteiger partial charge in [0.2, 0.25) is 11.1 Å². The molecule has 6 nitrogen and oxygen atoms in total. The zero-order chi connectivity index (χ0) is 19.6. The zero-order valence-electron chi connectivity index (χ0n) is 16.8. The molecule has 3 rings (SSSR count). The largest absolute Gasteiger partial charge is 0.352 e. The molecule has 2 aromatic rings. The Hall–Kier alpha value is -1.89. The first-order valence-electron chi connectivity index (χ1n) is 9.70.